The van der Waals surface area contributed by atoms with Gasteiger partial charge in [0, 0.05) is 0 Å². The molecule has 0 saturated carbocycles. The fourth-order valence-corrected chi connectivity index (χ4v) is 1.69. The first-order chi connectivity index (χ1) is 5.64. The molecule has 0 aliphatic rings. The molecule has 1 aromatic carbocycles. The molecule has 0 bridgehead atoms. The average Bonchev–Trinajstić information content (AvgIpc) is 2.06. The molecule has 1 N–H and O–H groups in total. The third kappa shape index (κ3) is 2.95. The molecule has 1 rings (SSSR count). The second kappa shape index (κ2) is 4.05. The standard InChI is InChI=1S/C6H7AsO4S/c8-7(9,11-12)10-6-4-2-1-3-5-6/h1-5,12H,(H,8,9). The van der Waals surface area contributed by atoms with Crippen LogP contribution in [0.25, 0.3) is 0 Å². The van der Waals surface area contributed by atoms with Crippen molar-refractivity contribution in [1.29, 1.82) is 0 Å². The Bertz CT molecular complexity index is 289. The molecule has 0 aromatic heterocycles. The van der Waals surface area contributed by atoms with Crippen molar-refractivity contribution in [3.05, 3.63) is 30.3 Å². The van der Waals surface area contributed by atoms with Gasteiger partial charge < -0.3 is 0 Å². The summed E-state index contributed by atoms with van der Waals surface area (Å²) in [4.78, 5) is 0. The van der Waals surface area contributed by atoms with Gasteiger partial charge in [-0.15, -0.1) is 0 Å². The molecular weight excluding hydrogens is 243 g/mol. The average molecular weight is 250 g/mol. The summed E-state index contributed by atoms with van der Waals surface area (Å²) in [7, 11) is 0. The number of rotatable bonds is 3. The first kappa shape index (κ1) is 9.73. The molecule has 12 heavy (non-hydrogen) atoms. The van der Waals surface area contributed by atoms with Gasteiger partial charge in [0.15, 0.2) is 0 Å². The van der Waals surface area contributed by atoms with Gasteiger partial charge in [0.05, 0.1) is 0 Å². The van der Waals surface area contributed by atoms with Crippen molar-refractivity contribution in [2.45, 2.75) is 0 Å². The summed E-state index contributed by atoms with van der Waals surface area (Å²) in [6.07, 6.45) is 0. The zero-order chi connectivity index (χ0) is 9.03. The SMILES string of the molecule is O=[As](O)(OS)Oc1ccccc1. The summed E-state index contributed by atoms with van der Waals surface area (Å²) in [5, 5.41) is 0. The Morgan fingerprint density at radius 2 is 1.92 bits per heavy atom. The summed E-state index contributed by atoms with van der Waals surface area (Å²) in [5.41, 5.74) is 0. The predicted octanol–water partition coefficient (Wildman–Crippen LogP) is 0.785. The minimum absolute atomic E-state index is 0.288. The molecule has 0 fully saturated rings. The van der Waals surface area contributed by atoms with Crippen LogP contribution in [0.4, 0.5) is 0 Å². The summed E-state index contributed by atoms with van der Waals surface area (Å²) in [5.74, 6) is 0.288. The van der Waals surface area contributed by atoms with E-state index in [-0.39, 0.29) is 5.75 Å². The van der Waals surface area contributed by atoms with Gasteiger partial charge in [-0.1, -0.05) is 0 Å². The van der Waals surface area contributed by atoms with Gasteiger partial charge in [-0.05, 0) is 0 Å². The fraction of sp³-hybridized carbons (Fsp3) is 0. The maximum atomic E-state index is 10.8. The van der Waals surface area contributed by atoms with Crippen LogP contribution in [-0.2, 0) is 6.91 Å². The number of benzene rings is 1. The summed E-state index contributed by atoms with van der Waals surface area (Å²) >= 11 is -1.41. The van der Waals surface area contributed by atoms with Crippen molar-refractivity contribution >= 4 is 27.4 Å². The van der Waals surface area contributed by atoms with Gasteiger partial charge in [-0.3, -0.25) is 0 Å². The van der Waals surface area contributed by atoms with Crippen molar-refractivity contribution in [2.24, 2.45) is 0 Å². The Morgan fingerprint density at radius 1 is 1.33 bits per heavy atom. The van der Waals surface area contributed by atoms with E-state index >= 15 is 0 Å². The molecule has 4 nitrogen and oxygen atoms in total. The second-order valence-corrected chi connectivity index (χ2v) is 5.49. The van der Waals surface area contributed by atoms with Crippen molar-refractivity contribution in [3.8, 4) is 5.75 Å². The number of hydrogen-bond donors (Lipinski definition) is 2. The zero-order valence-corrected chi connectivity index (χ0v) is 8.72. The van der Waals surface area contributed by atoms with Crippen LogP contribution in [0, 0.1) is 0 Å². The van der Waals surface area contributed by atoms with Crippen LogP contribution in [0.15, 0.2) is 30.3 Å². The first-order valence-corrected chi connectivity index (χ1v) is 6.55. The molecule has 1 atom stereocenters. The Morgan fingerprint density at radius 3 is 2.42 bits per heavy atom. The molecule has 6 heteroatoms. The number of thiol groups is 1. The van der Waals surface area contributed by atoms with E-state index in [1.807, 2.05) is 0 Å². The van der Waals surface area contributed by atoms with Crippen LogP contribution in [0.3, 0.4) is 0 Å². The summed E-state index contributed by atoms with van der Waals surface area (Å²) < 4.78 is 28.3. The Hall–Kier alpha value is -0.352. The van der Waals surface area contributed by atoms with E-state index in [2.05, 4.69) is 19.8 Å². The normalized spacial score (nSPS) is 15.2. The summed E-state index contributed by atoms with van der Waals surface area (Å²) in [6, 6.07) is 8.24. The molecule has 0 aliphatic carbocycles. The van der Waals surface area contributed by atoms with Crippen molar-refractivity contribution in [3.63, 3.8) is 0 Å². The number of hydrogen-bond acceptors (Lipinski definition) is 4. The monoisotopic (exact) mass is 250 g/mol. The van der Waals surface area contributed by atoms with Crippen LogP contribution < -0.4 is 3.73 Å². The molecule has 0 saturated heterocycles. The van der Waals surface area contributed by atoms with Crippen LogP contribution >= 0.6 is 12.9 Å². The minimum atomic E-state index is -4.63. The third-order valence-electron chi connectivity index (χ3n) is 1.07. The molecule has 1 aromatic rings. The molecule has 0 radical (unpaired) electrons. The van der Waals surface area contributed by atoms with Gasteiger partial charge in [0.25, 0.3) is 0 Å². The van der Waals surface area contributed by atoms with Gasteiger partial charge in [0.1, 0.15) is 0 Å². The Balaban J connectivity index is 2.71. The van der Waals surface area contributed by atoms with E-state index in [4.69, 9.17) is 4.10 Å². The number of para-hydroxylation sites is 1. The fourth-order valence-electron chi connectivity index (χ4n) is 0.631. The van der Waals surface area contributed by atoms with Crippen molar-refractivity contribution in [1.82, 2.24) is 0 Å². The van der Waals surface area contributed by atoms with Gasteiger partial charge >= 0.3 is 78.2 Å². The molecule has 66 valence electrons. The Labute approximate surface area is 78.5 Å². The van der Waals surface area contributed by atoms with Gasteiger partial charge in [-0.2, -0.15) is 0 Å². The van der Waals surface area contributed by atoms with Crippen LogP contribution in [0.1, 0.15) is 0 Å². The first-order valence-electron chi connectivity index (χ1n) is 3.05. The topological polar surface area (TPSA) is 55.8 Å². The van der Waals surface area contributed by atoms with Crippen LogP contribution in [-0.4, -0.2) is 18.6 Å². The van der Waals surface area contributed by atoms with E-state index in [9.17, 15) is 3.74 Å². The van der Waals surface area contributed by atoms with Crippen molar-refractivity contribution < 1.29 is 14.7 Å². The van der Waals surface area contributed by atoms with Gasteiger partial charge in [-0.25, -0.2) is 0 Å². The quantitative estimate of drug-likeness (QED) is 0.473. The maximum absolute atomic E-state index is 10.8. The van der Waals surface area contributed by atoms with Gasteiger partial charge in [0.2, 0.25) is 0 Å². The molecule has 0 aliphatic heterocycles. The van der Waals surface area contributed by atoms with E-state index in [1.165, 1.54) is 0 Å². The van der Waals surface area contributed by atoms with E-state index in [0.717, 1.165) is 0 Å². The van der Waals surface area contributed by atoms with E-state index in [1.54, 1.807) is 30.3 Å². The van der Waals surface area contributed by atoms with Crippen molar-refractivity contribution in [2.75, 3.05) is 0 Å². The molecule has 0 amide bonds. The molecule has 0 heterocycles. The second-order valence-electron chi connectivity index (χ2n) is 1.95. The van der Waals surface area contributed by atoms with E-state index < -0.39 is 14.5 Å². The van der Waals surface area contributed by atoms with E-state index in [0.29, 0.717) is 0 Å². The molecule has 0 spiro atoms. The molecular formula is C6H7AsO4S. The van der Waals surface area contributed by atoms with Crippen LogP contribution in [0.2, 0.25) is 0 Å². The Kier molecular flexibility index (Phi) is 3.28. The summed E-state index contributed by atoms with van der Waals surface area (Å²) in [6.45, 7) is 0. The zero-order valence-electron chi connectivity index (χ0n) is 5.95. The predicted molar refractivity (Wildman–Crippen MR) is 45.8 cm³/mol. The molecule has 1 unspecified atom stereocenters. The third-order valence-corrected chi connectivity index (χ3v) is 3.50. The van der Waals surface area contributed by atoms with Crippen LogP contribution in [0.5, 0.6) is 5.75 Å².